The summed E-state index contributed by atoms with van der Waals surface area (Å²) in [6.07, 6.45) is 2.42. The molecule has 0 aliphatic heterocycles. The molecule has 0 spiro atoms. The van der Waals surface area contributed by atoms with Gasteiger partial charge in [0.1, 0.15) is 0 Å². The maximum Gasteiger partial charge on any atom is 0.0827 e. The third kappa shape index (κ3) is 3.17. The first-order chi connectivity index (χ1) is 11.1. The summed E-state index contributed by atoms with van der Waals surface area (Å²) in [5.74, 6) is 0. The minimum absolute atomic E-state index is 0.191. The largest absolute Gasteiger partial charge is 0.354 e. The number of nitrogens with one attached hydrogen (secondary N) is 1. The number of rotatable bonds is 2. The van der Waals surface area contributed by atoms with Crippen molar-refractivity contribution in [3.05, 3.63) is 57.1 Å². The minimum Gasteiger partial charge on any atom is -0.354 e. The van der Waals surface area contributed by atoms with Crippen LogP contribution in [0.4, 0.5) is 11.4 Å². The van der Waals surface area contributed by atoms with Gasteiger partial charge in [-0.15, -0.1) is 0 Å². The molecule has 3 rings (SSSR count). The second-order valence-corrected chi connectivity index (χ2v) is 9.05. The van der Waals surface area contributed by atoms with Crippen molar-refractivity contribution in [3.8, 4) is 0 Å². The molecule has 0 atom stereocenters. The molecule has 0 fully saturated rings. The Labute approximate surface area is 155 Å². The van der Waals surface area contributed by atoms with Gasteiger partial charge in [0.25, 0.3) is 0 Å². The average Bonchev–Trinajstić information content (AvgIpc) is 2.49. The lowest BCUT2D eigenvalue weighted by molar-refractivity contribution is 0.332. The Morgan fingerprint density at radius 2 is 1.50 bits per heavy atom. The van der Waals surface area contributed by atoms with Crippen molar-refractivity contribution in [2.45, 2.75) is 58.3 Å². The van der Waals surface area contributed by atoms with E-state index in [1.54, 1.807) is 0 Å². The van der Waals surface area contributed by atoms with Crippen molar-refractivity contribution in [3.63, 3.8) is 0 Å². The fourth-order valence-electron chi connectivity index (χ4n) is 3.64. The molecule has 0 bridgehead atoms. The van der Waals surface area contributed by atoms with Gasteiger partial charge in [-0.1, -0.05) is 57.0 Å². The van der Waals surface area contributed by atoms with Crippen LogP contribution in [0, 0.1) is 6.92 Å². The van der Waals surface area contributed by atoms with Gasteiger partial charge in [-0.05, 0) is 71.6 Å². The number of fused-ring (bicyclic) bond motifs is 1. The molecular weight excluding hydrogens is 337 g/mol. The maximum atomic E-state index is 6.37. The molecule has 0 radical (unpaired) electrons. The molecule has 2 aromatic rings. The molecule has 0 aromatic heterocycles. The number of aryl methyl sites for hydroxylation is 1. The Balaban J connectivity index is 2.03. The summed E-state index contributed by atoms with van der Waals surface area (Å²) in [4.78, 5) is 0. The third-order valence-electron chi connectivity index (χ3n) is 5.30. The molecule has 1 aliphatic carbocycles. The Morgan fingerprint density at radius 3 is 2.17 bits per heavy atom. The van der Waals surface area contributed by atoms with Crippen LogP contribution in [0.3, 0.4) is 0 Å². The number of hydrogen-bond acceptors (Lipinski definition) is 1. The van der Waals surface area contributed by atoms with E-state index in [0.717, 1.165) is 16.9 Å². The second-order valence-electron chi connectivity index (χ2n) is 8.26. The summed E-state index contributed by atoms with van der Waals surface area (Å²) < 4.78 is 0. The van der Waals surface area contributed by atoms with Gasteiger partial charge in [0.05, 0.1) is 15.7 Å². The van der Waals surface area contributed by atoms with Crippen LogP contribution in [0.15, 0.2) is 30.3 Å². The van der Waals surface area contributed by atoms with Gasteiger partial charge < -0.3 is 5.32 Å². The van der Waals surface area contributed by atoms with E-state index in [-0.39, 0.29) is 10.8 Å². The zero-order chi connectivity index (χ0) is 17.7. The van der Waals surface area contributed by atoms with Crippen molar-refractivity contribution in [2.24, 2.45) is 0 Å². The van der Waals surface area contributed by atoms with E-state index in [2.05, 4.69) is 51.2 Å². The smallest absolute Gasteiger partial charge is 0.0827 e. The molecule has 1 nitrogen and oxygen atoms in total. The first-order valence-corrected chi connectivity index (χ1v) is 9.23. The highest BCUT2D eigenvalue weighted by atomic mass is 35.5. The average molecular weight is 362 g/mol. The third-order valence-corrected chi connectivity index (χ3v) is 6.11. The summed E-state index contributed by atoms with van der Waals surface area (Å²) in [5.41, 5.74) is 6.31. The summed E-state index contributed by atoms with van der Waals surface area (Å²) in [5, 5.41) is 4.60. The van der Waals surface area contributed by atoms with Crippen molar-refractivity contribution in [1.29, 1.82) is 0 Å². The van der Waals surface area contributed by atoms with E-state index < -0.39 is 0 Å². The van der Waals surface area contributed by atoms with Gasteiger partial charge in [-0.25, -0.2) is 0 Å². The van der Waals surface area contributed by atoms with Gasteiger partial charge in [0.15, 0.2) is 0 Å². The van der Waals surface area contributed by atoms with Gasteiger partial charge in [0.2, 0.25) is 0 Å². The molecule has 0 saturated heterocycles. The second kappa shape index (κ2) is 5.97. The van der Waals surface area contributed by atoms with Crippen LogP contribution in [0.5, 0.6) is 0 Å². The van der Waals surface area contributed by atoms with Crippen molar-refractivity contribution < 1.29 is 0 Å². The highest BCUT2D eigenvalue weighted by Crippen LogP contribution is 2.46. The van der Waals surface area contributed by atoms with E-state index in [4.69, 9.17) is 23.2 Å². The van der Waals surface area contributed by atoms with Crippen LogP contribution in [0.1, 0.15) is 57.2 Å². The van der Waals surface area contributed by atoms with Crippen LogP contribution < -0.4 is 5.32 Å². The first kappa shape index (κ1) is 17.6. The summed E-state index contributed by atoms with van der Waals surface area (Å²) in [6, 6.07) is 10.6. The lowest BCUT2D eigenvalue weighted by atomic mass is 9.63. The molecule has 24 heavy (non-hydrogen) atoms. The predicted molar refractivity (Wildman–Crippen MR) is 106 cm³/mol. The molecule has 0 heterocycles. The quantitative estimate of drug-likeness (QED) is 0.587. The topological polar surface area (TPSA) is 12.0 Å². The number of halogens is 2. The molecule has 1 N–H and O–H groups in total. The van der Waals surface area contributed by atoms with Gasteiger partial charge in [0, 0.05) is 5.69 Å². The first-order valence-electron chi connectivity index (χ1n) is 8.48. The van der Waals surface area contributed by atoms with Crippen LogP contribution in [0.2, 0.25) is 10.0 Å². The van der Waals surface area contributed by atoms with E-state index in [1.807, 2.05) is 19.1 Å². The minimum atomic E-state index is 0.191. The summed E-state index contributed by atoms with van der Waals surface area (Å²) >= 11 is 12.6. The van der Waals surface area contributed by atoms with Crippen molar-refractivity contribution >= 4 is 34.6 Å². The van der Waals surface area contributed by atoms with Gasteiger partial charge in [-0.2, -0.15) is 0 Å². The fourth-order valence-corrected chi connectivity index (χ4v) is 4.07. The Morgan fingerprint density at radius 1 is 0.875 bits per heavy atom. The van der Waals surface area contributed by atoms with Crippen molar-refractivity contribution in [1.82, 2.24) is 0 Å². The fraction of sp³-hybridized carbons (Fsp3) is 0.429. The zero-order valence-electron chi connectivity index (χ0n) is 15.1. The van der Waals surface area contributed by atoms with E-state index in [9.17, 15) is 0 Å². The number of benzene rings is 2. The molecule has 3 heteroatoms. The standard InChI is InChI=1S/C21H25Cl2N/c1-13-10-17(22)19(23)18(11-13)24-14-6-7-15-16(12-14)21(4,5)9-8-20(15,2)3/h6-7,10-12,24H,8-9H2,1-5H3. The Bertz CT molecular complexity index is 791. The lowest BCUT2D eigenvalue weighted by Crippen LogP contribution is -2.33. The Kier molecular flexibility index (Phi) is 4.38. The molecular formula is C21H25Cl2N. The van der Waals surface area contributed by atoms with E-state index >= 15 is 0 Å². The number of anilines is 2. The Hall–Kier alpha value is -1.18. The maximum absolute atomic E-state index is 6.37. The summed E-state index contributed by atoms with van der Waals surface area (Å²) in [6.45, 7) is 11.4. The molecule has 1 aliphatic rings. The van der Waals surface area contributed by atoms with Crippen LogP contribution in [0.25, 0.3) is 0 Å². The van der Waals surface area contributed by atoms with E-state index in [1.165, 1.54) is 24.0 Å². The van der Waals surface area contributed by atoms with E-state index in [0.29, 0.717) is 10.0 Å². The normalized spacial score (nSPS) is 18.1. The zero-order valence-corrected chi connectivity index (χ0v) is 16.6. The molecule has 0 unspecified atom stereocenters. The van der Waals surface area contributed by atoms with Crippen LogP contribution in [-0.2, 0) is 10.8 Å². The lowest BCUT2D eigenvalue weighted by Gasteiger charge is -2.42. The molecule has 128 valence electrons. The highest BCUT2D eigenvalue weighted by Gasteiger charge is 2.36. The SMILES string of the molecule is Cc1cc(Cl)c(Cl)c(Nc2ccc3c(c2)C(C)(C)CCC3(C)C)c1. The highest BCUT2D eigenvalue weighted by molar-refractivity contribution is 6.43. The van der Waals surface area contributed by atoms with Crippen LogP contribution in [-0.4, -0.2) is 0 Å². The molecule has 0 amide bonds. The molecule has 0 saturated carbocycles. The summed E-state index contributed by atoms with van der Waals surface area (Å²) in [7, 11) is 0. The monoisotopic (exact) mass is 361 g/mol. The van der Waals surface area contributed by atoms with Gasteiger partial charge >= 0.3 is 0 Å². The van der Waals surface area contributed by atoms with Crippen molar-refractivity contribution in [2.75, 3.05) is 5.32 Å². The van der Waals surface area contributed by atoms with Crippen LogP contribution >= 0.6 is 23.2 Å². The number of hydrogen-bond donors (Lipinski definition) is 1. The molecule has 2 aromatic carbocycles. The predicted octanol–water partition coefficient (Wildman–Crippen LogP) is 7.39. The van der Waals surface area contributed by atoms with Gasteiger partial charge in [-0.3, -0.25) is 0 Å².